The maximum Gasteiger partial charge on any atom is 0.0774 e. The molecule has 2 nitrogen and oxygen atoms in total. The van der Waals surface area contributed by atoms with Crippen molar-refractivity contribution in [2.75, 3.05) is 0 Å². The number of hydrogen-bond donors (Lipinski definition) is 0. The lowest BCUT2D eigenvalue weighted by Gasteiger charge is -2.06. The standard InChI is InChI=1S/C13H8Cl2N2/c14-11-5-2-4-10(13(11)15)12-6-1-3-9(17-12)7-8-16/h1-6H,7H2. The zero-order chi connectivity index (χ0) is 12.3. The number of aromatic nitrogens is 1. The van der Waals surface area contributed by atoms with E-state index in [-0.39, 0.29) is 6.42 Å². The van der Waals surface area contributed by atoms with Crippen molar-refractivity contribution in [2.24, 2.45) is 0 Å². The maximum atomic E-state index is 8.64. The molecule has 0 aliphatic heterocycles. The van der Waals surface area contributed by atoms with Gasteiger partial charge in [0.15, 0.2) is 0 Å². The van der Waals surface area contributed by atoms with Crippen LogP contribution in [0.3, 0.4) is 0 Å². The van der Waals surface area contributed by atoms with E-state index in [1.54, 1.807) is 6.07 Å². The molecule has 2 rings (SSSR count). The van der Waals surface area contributed by atoms with E-state index in [4.69, 9.17) is 28.5 Å². The smallest absolute Gasteiger partial charge is 0.0774 e. The minimum absolute atomic E-state index is 0.284. The van der Waals surface area contributed by atoms with Crippen LogP contribution in [0.5, 0.6) is 0 Å². The molecular formula is C13H8Cl2N2. The summed E-state index contributed by atoms with van der Waals surface area (Å²) in [7, 11) is 0. The van der Waals surface area contributed by atoms with Crippen LogP contribution in [0.1, 0.15) is 5.69 Å². The van der Waals surface area contributed by atoms with Gasteiger partial charge in [-0.15, -0.1) is 0 Å². The Morgan fingerprint density at radius 3 is 2.65 bits per heavy atom. The van der Waals surface area contributed by atoms with Crippen molar-refractivity contribution in [3.63, 3.8) is 0 Å². The third kappa shape index (κ3) is 2.58. The predicted octanol–water partition coefficient (Wildman–Crippen LogP) is 4.12. The van der Waals surface area contributed by atoms with Gasteiger partial charge in [-0.05, 0) is 18.2 Å². The fourth-order valence-corrected chi connectivity index (χ4v) is 1.91. The van der Waals surface area contributed by atoms with Crippen LogP contribution in [0.2, 0.25) is 10.0 Å². The molecule has 2 aromatic rings. The average molecular weight is 263 g/mol. The van der Waals surface area contributed by atoms with Gasteiger partial charge >= 0.3 is 0 Å². The first-order valence-electron chi connectivity index (χ1n) is 4.99. The molecule has 0 N–H and O–H groups in total. The fourth-order valence-electron chi connectivity index (χ4n) is 1.51. The van der Waals surface area contributed by atoms with E-state index in [0.717, 1.165) is 17.0 Å². The number of nitrogens with zero attached hydrogens (tertiary/aromatic N) is 2. The Balaban J connectivity index is 2.50. The molecule has 0 bridgehead atoms. The molecule has 0 unspecified atom stereocenters. The second kappa shape index (κ2) is 5.18. The van der Waals surface area contributed by atoms with Gasteiger partial charge in [0.05, 0.1) is 33.9 Å². The number of rotatable bonds is 2. The van der Waals surface area contributed by atoms with Gasteiger partial charge in [-0.3, -0.25) is 4.98 Å². The third-order valence-corrected chi connectivity index (χ3v) is 3.11. The monoisotopic (exact) mass is 262 g/mol. The molecule has 4 heteroatoms. The fraction of sp³-hybridized carbons (Fsp3) is 0.0769. The minimum atomic E-state index is 0.284. The van der Waals surface area contributed by atoms with E-state index in [2.05, 4.69) is 11.1 Å². The van der Waals surface area contributed by atoms with Gasteiger partial charge in [-0.25, -0.2) is 0 Å². The van der Waals surface area contributed by atoms with Gasteiger partial charge in [-0.2, -0.15) is 5.26 Å². The van der Waals surface area contributed by atoms with Crippen LogP contribution < -0.4 is 0 Å². The van der Waals surface area contributed by atoms with Crippen LogP contribution in [0, 0.1) is 11.3 Å². The molecule has 1 aromatic heterocycles. The minimum Gasteiger partial charge on any atom is -0.252 e. The molecule has 0 amide bonds. The van der Waals surface area contributed by atoms with Gasteiger partial charge < -0.3 is 0 Å². The van der Waals surface area contributed by atoms with Gasteiger partial charge in [0.1, 0.15) is 0 Å². The zero-order valence-electron chi connectivity index (χ0n) is 8.82. The third-order valence-electron chi connectivity index (χ3n) is 2.29. The summed E-state index contributed by atoms with van der Waals surface area (Å²) in [6, 6.07) is 13.0. The van der Waals surface area contributed by atoms with Crippen LogP contribution in [0.25, 0.3) is 11.3 Å². The average Bonchev–Trinajstić information content (AvgIpc) is 2.33. The molecule has 1 heterocycles. The first-order valence-corrected chi connectivity index (χ1v) is 5.75. The highest BCUT2D eigenvalue weighted by Gasteiger charge is 2.08. The van der Waals surface area contributed by atoms with Gasteiger partial charge in [-0.1, -0.05) is 41.4 Å². The normalized spacial score (nSPS) is 9.94. The summed E-state index contributed by atoms with van der Waals surface area (Å²) in [5.41, 5.74) is 2.23. The van der Waals surface area contributed by atoms with Crippen LogP contribution in [0.15, 0.2) is 36.4 Å². The van der Waals surface area contributed by atoms with Crippen molar-refractivity contribution in [2.45, 2.75) is 6.42 Å². The molecular weight excluding hydrogens is 255 g/mol. The highest BCUT2D eigenvalue weighted by atomic mass is 35.5. The summed E-state index contributed by atoms with van der Waals surface area (Å²) < 4.78 is 0. The van der Waals surface area contributed by atoms with Crippen molar-refractivity contribution >= 4 is 23.2 Å². The number of halogens is 2. The highest BCUT2D eigenvalue weighted by Crippen LogP contribution is 2.32. The second-order valence-electron chi connectivity index (χ2n) is 3.45. The Labute approximate surface area is 109 Å². The van der Waals surface area contributed by atoms with Gasteiger partial charge in [0.2, 0.25) is 0 Å². The first kappa shape index (κ1) is 11.9. The Morgan fingerprint density at radius 2 is 1.88 bits per heavy atom. The molecule has 17 heavy (non-hydrogen) atoms. The lowest BCUT2D eigenvalue weighted by atomic mass is 10.1. The summed E-state index contributed by atoms with van der Waals surface area (Å²) in [4.78, 5) is 4.37. The zero-order valence-corrected chi connectivity index (χ0v) is 10.3. The number of hydrogen-bond acceptors (Lipinski definition) is 2. The topological polar surface area (TPSA) is 36.7 Å². The molecule has 0 fully saturated rings. The van der Waals surface area contributed by atoms with E-state index in [9.17, 15) is 0 Å². The molecule has 1 aromatic carbocycles. The molecule has 0 aliphatic carbocycles. The molecule has 84 valence electrons. The number of nitriles is 1. The van der Waals surface area contributed by atoms with Gasteiger partial charge in [0.25, 0.3) is 0 Å². The van der Waals surface area contributed by atoms with Crippen molar-refractivity contribution in [1.29, 1.82) is 5.26 Å². The molecule has 0 atom stereocenters. The molecule has 0 radical (unpaired) electrons. The SMILES string of the molecule is N#CCc1cccc(-c2cccc(Cl)c2Cl)n1. The van der Waals surface area contributed by atoms with Crippen LogP contribution in [0.4, 0.5) is 0 Å². The summed E-state index contributed by atoms with van der Waals surface area (Å²) >= 11 is 12.1. The Bertz CT molecular complexity index is 588. The molecule has 0 aliphatic rings. The van der Waals surface area contributed by atoms with Crippen molar-refractivity contribution < 1.29 is 0 Å². The lowest BCUT2D eigenvalue weighted by molar-refractivity contribution is 1.12. The second-order valence-corrected chi connectivity index (χ2v) is 4.24. The van der Waals surface area contributed by atoms with Crippen molar-refractivity contribution in [1.82, 2.24) is 4.98 Å². The molecule has 0 spiro atoms. The largest absolute Gasteiger partial charge is 0.252 e. The lowest BCUT2D eigenvalue weighted by Crippen LogP contribution is -1.91. The Morgan fingerprint density at radius 1 is 1.12 bits per heavy atom. The van der Waals surface area contributed by atoms with Crippen LogP contribution in [-0.2, 0) is 6.42 Å². The Hall–Kier alpha value is -1.56. The summed E-state index contributed by atoms with van der Waals surface area (Å²) in [6.07, 6.45) is 0.284. The van der Waals surface area contributed by atoms with Crippen LogP contribution in [-0.4, -0.2) is 4.98 Å². The van der Waals surface area contributed by atoms with Crippen LogP contribution >= 0.6 is 23.2 Å². The van der Waals surface area contributed by atoms with Gasteiger partial charge in [0, 0.05) is 5.56 Å². The van der Waals surface area contributed by atoms with Crippen molar-refractivity contribution in [3.05, 3.63) is 52.1 Å². The Kier molecular flexibility index (Phi) is 3.63. The first-order chi connectivity index (χ1) is 8.22. The van der Waals surface area contributed by atoms with E-state index >= 15 is 0 Å². The van der Waals surface area contributed by atoms with Crippen molar-refractivity contribution in [3.8, 4) is 17.3 Å². The molecule has 0 saturated heterocycles. The highest BCUT2D eigenvalue weighted by molar-refractivity contribution is 6.43. The van der Waals surface area contributed by atoms with E-state index in [1.807, 2.05) is 30.3 Å². The summed E-state index contributed by atoms with van der Waals surface area (Å²) in [6.45, 7) is 0. The molecule has 0 saturated carbocycles. The maximum absolute atomic E-state index is 8.64. The van der Waals surface area contributed by atoms with E-state index < -0.39 is 0 Å². The quantitative estimate of drug-likeness (QED) is 0.817. The van der Waals surface area contributed by atoms with E-state index in [0.29, 0.717) is 10.0 Å². The number of benzene rings is 1. The summed E-state index contributed by atoms with van der Waals surface area (Å²) in [5, 5.41) is 9.62. The predicted molar refractivity (Wildman–Crippen MR) is 69.0 cm³/mol. The van der Waals surface area contributed by atoms with E-state index in [1.165, 1.54) is 0 Å². The number of pyridine rings is 1. The summed E-state index contributed by atoms with van der Waals surface area (Å²) in [5.74, 6) is 0.